The van der Waals surface area contributed by atoms with Gasteiger partial charge in [-0.2, -0.15) is 0 Å². The van der Waals surface area contributed by atoms with Gasteiger partial charge in [-0.25, -0.2) is 15.0 Å². The Bertz CT molecular complexity index is 1870. The summed E-state index contributed by atoms with van der Waals surface area (Å²) in [4.78, 5) is 14.9. The third-order valence-corrected chi connectivity index (χ3v) is 7.76. The molecule has 186 valence electrons. The van der Waals surface area contributed by atoms with Crippen molar-refractivity contribution in [2.45, 2.75) is 0 Å². The monoisotopic (exact) mass is 630 g/mol. The van der Waals surface area contributed by atoms with Crippen LogP contribution < -0.4 is 0 Å². The molecule has 0 aliphatic rings. The summed E-state index contributed by atoms with van der Waals surface area (Å²) in [6, 6.07) is 41.3. The molecule has 0 bridgehead atoms. The zero-order chi connectivity index (χ0) is 26.3. The van der Waals surface area contributed by atoms with E-state index in [0.717, 1.165) is 42.4 Å². The van der Waals surface area contributed by atoms with E-state index in [-0.39, 0.29) is 0 Å². The Morgan fingerprint density at radius 1 is 0.462 bits per heavy atom. The van der Waals surface area contributed by atoms with Crippen LogP contribution >= 0.6 is 31.9 Å². The van der Waals surface area contributed by atoms with E-state index in [9.17, 15) is 0 Å². The standard InChI is InChI=1S/C33H20Br2N4/c34-23-15-17-29-26(19-23)27-20-24(35)16-18-30(27)39(29)28-14-8-7-13-25(28)33-37-31(21-9-3-1-4-10-21)36-32(38-33)22-11-5-2-6-12-22/h1-20H. The van der Waals surface area contributed by atoms with Gasteiger partial charge >= 0.3 is 0 Å². The summed E-state index contributed by atoms with van der Waals surface area (Å²) < 4.78 is 4.38. The SMILES string of the molecule is Brc1ccc2c(c1)c1cc(Br)ccc1n2-c1ccccc1-c1nc(-c2ccccc2)nc(-c2ccccc2)n1. The van der Waals surface area contributed by atoms with E-state index in [2.05, 4.69) is 91.0 Å². The average Bonchev–Trinajstić information content (AvgIpc) is 3.30. The molecule has 2 aromatic heterocycles. The van der Waals surface area contributed by atoms with Gasteiger partial charge < -0.3 is 4.57 Å². The number of fused-ring (bicyclic) bond motifs is 3. The molecule has 6 heteroatoms. The molecule has 0 N–H and O–H groups in total. The summed E-state index contributed by atoms with van der Waals surface area (Å²) in [5, 5.41) is 2.34. The molecule has 0 radical (unpaired) electrons. The van der Waals surface area contributed by atoms with Crippen LogP contribution in [0.3, 0.4) is 0 Å². The van der Waals surface area contributed by atoms with Crippen molar-refractivity contribution >= 4 is 53.7 Å². The summed E-state index contributed by atoms with van der Waals surface area (Å²) in [6.45, 7) is 0. The molecule has 0 unspecified atom stereocenters. The van der Waals surface area contributed by atoms with Crippen LogP contribution in [0.5, 0.6) is 0 Å². The number of para-hydroxylation sites is 1. The molecule has 0 aliphatic carbocycles. The largest absolute Gasteiger partial charge is 0.308 e. The van der Waals surface area contributed by atoms with Gasteiger partial charge in [0.2, 0.25) is 0 Å². The normalized spacial score (nSPS) is 11.3. The Labute approximate surface area is 242 Å². The molecule has 5 aromatic carbocycles. The van der Waals surface area contributed by atoms with Crippen LogP contribution in [0, 0.1) is 0 Å². The number of benzene rings is 5. The van der Waals surface area contributed by atoms with Crippen molar-refractivity contribution in [1.82, 2.24) is 19.5 Å². The van der Waals surface area contributed by atoms with Gasteiger partial charge in [0, 0.05) is 36.4 Å². The first-order chi connectivity index (χ1) is 19.2. The summed E-state index contributed by atoms with van der Waals surface area (Å²) in [7, 11) is 0. The highest BCUT2D eigenvalue weighted by molar-refractivity contribution is 9.10. The molecular weight excluding hydrogens is 612 g/mol. The highest BCUT2D eigenvalue weighted by Crippen LogP contribution is 2.38. The van der Waals surface area contributed by atoms with Crippen molar-refractivity contribution in [1.29, 1.82) is 0 Å². The van der Waals surface area contributed by atoms with Gasteiger partial charge in [-0.15, -0.1) is 0 Å². The third kappa shape index (κ3) is 4.36. The zero-order valence-electron chi connectivity index (χ0n) is 20.6. The van der Waals surface area contributed by atoms with Crippen LogP contribution in [0.25, 0.3) is 61.7 Å². The fraction of sp³-hybridized carbons (Fsp3) is 0. The molecule has 0 amide bonds. The van der Waals surface area contributed by atoms with Crippen molar-refractivity contribution in [2.75, 3.05) is 0 Å². The van der Waals surface area contributed by atoms with Crippen LogP contribution in [-0.2, 0) is 0 Å². The second-order valence-electron chi connectivity index (χ2n) is 9.21. The van der Waals surface area contributed by atoms with E-state index in [1.54, 1.807) is 0 Å². The molecule has 4 nitrogen and oxygen atoms in total. The predicted octanol–water partition coefficient (Wildman–Crippen LogP) is 9.49. The highest BCUT2D eigenvalue weighted by Gasteiger charge is 2.19. The van der Waals surface area contributed by atoms with E-state index < -0.39 is 0 Å². The lowest BCUT2D eigenvalue weighted by molar-refractivity contribution is 1.06. The second kappa shape index (κ2) is 9.88. The molecule has 39 heavy (non-hydrogen) atoms. The van der Waals surface area contributed by atoms with Crippen molar-refractivity contribution in [3.05, 3.63) is 130 Å². The summed E-state index contributed by atoms with van der Waals surface area (Å²) in [6.07, 6.45) is 0. The third-order valence-electron chi connectivity index (χ3n) is 6.77. The second-order valence-corrected chi connectivity index (χ2v) is 11.0. The minimum Gasteiger partial charge on any atom is -0.308 e. The van der Waals surface area contributed by atoms with Crippen LogP contribution in [0.4, 0.5) is 0 Å². The topological polar surface area (TPSA) is 43.6 Å². The molecule has 2 heterocycles. The Morgan fingerprint density at radius 2 is 0.923 bits per heavy atom. The summed E-state index contributed by atoms with van der Waals surface area (Å²) in [5.74, 6) is 1.91. The van der Waals surface area contributed by atoms with Crippen LogP contribution in [0.2, 0.25) is 0 Å². The first-order valence-electron chi connectivity index (χ1n) is 12.5. The van der Waals surface area contributed by atoms with Gasteiger partial charge in [-0.3, -0.25) is 0 Å². The molecule has 0 fully saturated rings. The molecule has 0 saturated heterocycles. The number of aromatic nitrogens is 4. The van der Waals surface area contributed by atoms with Gasteiger partial charge in [-0.1, -0.05) is 105 Å². The number of nitrogens with zero attached hydrogens (tertiary/aromatic N) is 4. The van der Waals surface area contributed by atoms with E-state index in [1.807, 2.05) is 66.7 Å². The molecule has 0 saturated carbocycles. The van der Waals surface area contributed by atoms with Crippen LogP contribution in [-0.4, -0.2) is 19.5 Å². The minimum atomic E-state index is 0.627. The van der Waals surface area contributed by atoms with Crippen molar-refractivity contribution in [3.8, 4) is 39.9 Å². The maximum Gasteiger partial charge on any atom is 0.166 e. The lowest BCUT2D eigenvalue weighted by Crippen LogP contribution is -2.03. The quantitative estimate of drug-likeness (QED) is 0.194. The first kappa shape index (κ1) is 23.9. The fourth-order valence-electron chi connectivity index (χ4n) is 5.01. The predicted molar refractivity (Wildman–Crippen MR) is 166 cm³/mol. The van der Waals surface area contributed by atoms with Crippen molar-refractivity contribution in [3.63, 3.8) is 0 Å². The molecule has 7 rings (SSSR count). The van der Waals surface area contributed by atoms with E-state index >= 15 is 0 Å². The van der Waals surface area contributed by atoms with Crippen LogP contribution in [0.1, 0.15) is 0 Å². The molecule has 0 atom stereocenters. The molecule has 7 aromatic rings. The lowest BCUT2D eigenvalue weighted by Gasteiger charge is -2.14. The Hall–Kier alpha value is -4.13. The van der Waals surface area contributed by atoms with Crippen LogP contribution in [0.15, 0.2) is 130 Å². The number of hydrogen-bond acceptors (Lipinski definition) is 3. The Morgan fingerprint density at radius 3 is 1.46 bits per heavy atom. The molecule has 0 aliphatic heterocycles. The van der Waals surface area contributed by atoms with Gasteiger partial charge in [0.05, 0.1) is 16.7 Å². The number of rotatable bonds is 4. The van der Waals surface area contributed by atoms with E-state index in [4.69, 9.17) is 15.0 Å². The highest BCUT2D eigenvalue weighted by atomic mass is 79.9. The van der Waals surface area contributed by atoms with E-state index in [0.29, 0.717) is 17.5 Å². The van der Waals surface area contributed by atoms with Gasteiger partial charge in [0.15, 0.2) is 17.5 Å². The minimum absolute atomic E-state index is 0.627. The van der Waals surface area contributed by atoms with Crippen molar-refractivity contribution in [2.24, 2.45) is 0 Å². The van der Waals surface area contributed by atoms with Gasteiger partial charge in [0.1, 0.15) is 0 Å². The Balaban J connectivity index is 1.52. The smallest absolute Gasteiger partial charge is 0.166 e. The number of hydrogen-bond donors (Lipinski definition) is 0. The lowest BCUT2D eigenvalue weighted by atomic mass is 10.1. The van der Waals surface area contributed by atoms with Crippen molar-refractivity contribution < 1.29 is 0 Å². The maximum atomic E-state index is 5.01. The fourth-order valence-corrected chi connectivity index (χ4v) is 5.74. The number of halogens is 2. The molecular formula is C33H20Br2N4. The van der Waals surface area contributed by atoms with Gasteiger partial charge in [0.25, 0.3) is 0 Å². The zero-order valence-corrected chi connectivity index (χ0v) is 23.8. The first-order valence-corrected chi connectivity index (χ1v) is 14.1. The van der Waals surface area contributed by atoms with Gasteiger partial charge in [-0.05, 0) is 48.5 Å². The molecule has 0 spiro atoms. The summed E-state index contributed by atoms with van der Waals surface area (Å²) >= 11 is 7.33. The Kier molecular flexibility index (Phi) is 6.06. The maximum absolute atomic E-state index is 5.01. The summed E-state index contributed by atoms with van der Waals surface area (Å²) in [5.41, 5.74) is 6.05. The van der Waals surface area contributed by atoms with E-state index in [1.165, 1.54) is 10.8 Å². The average molecular weight is 632 g/mol.